The van der Waals surface area contributed by atoms with Crippen molar-refractivity contribution >= 4 is 22.6 Å². The molecule has 0 heterocycles. The van der Waals surface area contributed by atoms with E-state index >= 15 is 0 Å². The molecule has 0 saturated heterocycles. The average Bonchev–Trinajstić information content (AvgIpc) is 1.87. The first-order chi connectivity index (χ1) is 5.07. The third-order valence-corrected chi connectivity index (χ3v) is 2.69. The largest absolute Gasteiger partial charge is 0.292 e. The standard InChI is InChI=1S/C9H20IN/c1-5-11(9(4)10)7-6-8(2)3/h8-9H,5-7H2,1-4H3. The average molecular weight is 269 g/mol. The van der Waals surface area contributed by atoms with Gasteiger partial charge in [0.1, 0.15) is 0 Å². The third-order valence-electron chi connectivity index (χ3n) is 1.90. The van der Waals surface area contributed by atoms with Crippen molar-refractivity contribution < 1.29 is 0 Å². The second-order valence-corrected chi connectivity index (χ2v) is 5.19. The van der Waals surface area contributed by atoms with Crippen LogP contribution in [0.25, 0.3) is 0 Å². The second kappa shape index (κ2) is 6.23. The van der Waals surface area contributed by atoms with Crippen molar-refractivity contribution in [3.05, 3.63) is 0 Å². The lowest BCUT2D eigenvalue weighted by Gasteiger charge is -2.23. The van der Waals surface area contributed by atoms with Crippen molar-refractivity contribution in [2.75, 3.05) is 13.1 Å². The molecule has 1 unspecified atom stereocenters. The summed E-state index contributed by atoms with van der Waals surface area (Å²) in [6.45, 7) is 11.5. The van der Waals surface area contributed by atoms with Crippen LogP contribution in [0.4, 0.5) is 0 Å². The molecule has 0 aromatic carbocycles. The molecule has 0 aliphatic carbocycles. The van der Waals surface area contributed by atoms with Gasteiger partial charge in [-0.25, -0.2) is 0 Å². The monoisotopic (exact) mass is 269 g/mol. The Morgan fingerprint density at radius 2 is 1.82 bits per heavy atom. The molecule has 0 radical (unpaired) electrons. The van der Waals surface area contributed by atoms with E-state index in [0.717, 1.165) is 5.92 Å². The summed E-state index contributed by atoms with van der Waals surface area (Å²) in [6.07, 6.45) is 1.32. The first-order valence-electron chi connectivity index (χ1n) is 4.46. The van der Waals surface area contributed by atoms with E-state index in [-0.39, 0.29) is 0 Å². The fourth-order valence-corrected chi connectivity index (χ4v) is 1.68. The number of halogens is 1. The maximum Gasteiger partial charge on any atom is 0.0589 e. The van der Waals surface area contributed by atoms with Crippen LogP contribution >= 0.6 is 22.6 Å². The molecule has 1 nitrogen and oxygen atoms in total. The third kappa shape index (κ3) is 5.91. The van der Waals surface area contributed by atoms with Gasteiger partial charge in [0.05, 0.1) is 4.05 Å². The van der Waals surface area contributed by atoms with Crippen molar-refractivity contribution in [1.29, 1.82) is 0 Å². The Morgan fingerprint density at radius 3 is 2.09 bits per heavy atom. The summed E-state index contributed by atoms with van der Waals surface area (Å²) in [5, 5.41) is 0. The normalized spacial score (nSPS) is 14.5. The Kier molecular flexibility index (Phi) is 6.62. The molecule has 1 atom stereocenters. The molecule has 0 aromatic rings. The molecule has 0 bridgehead atoms. The summed E-state index contributed by atoms with van der Waals surface area (Å²) >= 11 is 2.48. The summed E-state index contributed by atoms with van der Waals surface area (Å²) in [5.74, 6) is 0.833. The Hall–Kier alpha value is 0.690. The molecule has 0 amide bonds. The van der Waals surface area contributed by atoms with E-state index in [1.807, 2.05) is 0 Å². The number of rotatable bonds is 5. The first kappa shape index (κ1) is 11.7. The lowest BCUT2D eigenvalue weighted by atomic mass is 10.1. The minimum absolute atomic E-state index is 0.677. The summed E-state index contributed by atoms with van der Waals surface area (Å²) in [4.78, 5) is 2.50. The highest BCUT2D eigenvalue weighted by Gasteiger charge is 2.07. The van der Waals surface area contributed by atoms with Crippen LogP contribution in [-0.2, 0) is 0 Å². The van der Waals surface area contributed by atoms with Crippen molar-refractivity contribution in [2.45, 2.75) is 38.2 Å². The Morgan fingerprint density at radius 1 is 1.27 bits per heavy atom. The fourth-order valence-electron chi connectivity index (χ4n) is 1.01. The Balaban J connectivity index is 3.52. The summed E-state index contributed by atoms with van der Waals surface area (Å²) < 4.78 is 0.677. The molecule has 0 fully saturated rings. The number of nitrogens with zero attached hydrogens (tertiary/aromatic N) is 1. The van der Waals surface area contributed by atoms with Crippen molar-refractivity contribution in [1.82, 2.24) is 4.90 Å². The summed E-state index contributed by atoms with van der Waals surface area (Å²) in [6, 6.07) is 0. The van der Waals surface area contributed by atoms with Crippen LogP contribution in [-0.4, -0.2) is 22.0 Å². The minimum atomic E-state index is 0.677. The quantitative estimate of drug-likeness (QED) is 0.421. The Bertz CT molecular complexity index is 91.6. The highest BCUT2D eigenvalue weighted by Crippen LogP contribution is 2.09. The van der Waals surface area contributed by atoms with Gasteiger partial charge >= 0.3 is 0 Å². The van der Waals surface area contributed by atoms with Gasteiger partial charge in [-0.3, -0.25) is 4.90 Å². The van der Waals surface area contributed by atoms with E-state index in [0.29, 0.717) is 4.05 Å². The van der Waals surface area contributed by atoms with Gasteiger partial charge < -0.3 is 0 Å². The maximum absolute atomic E-state index is 2.50. The van der Waals surface area contributed by atoms with Crippen LogP contribution in [0.2, 0.25) is 0 Å². The van der Waals surface area contributed by atoms with Crippen LogP contribution < -0.4 is 0 Å². The SMILES string of the molecule is CCN(CCC(C)C)C(C)I. The molecule has 0 aromatic heterocycles. The molecule has 0 N–H and O–H groups in total. The molecule has 2 heteroatoms. The van der Waals surface area contributed by atoms with Gasteiger partial charge in [-0.2, -0.15) is 0 Å². The van der Waals surface area contributed by atoms with Gasteiger partial charge in [0.15, 0.2) is 0 Å². The number of alkyl halides is 1. The molecule has 0 spiro atoms. The lowest BCUT2D eigenvalue weighted by Crippen LogP contribution is -2.30. The van der Waals surface area contributed by atoms with E-state index in [9.17, 15) is 0 Å². The molecule has 0 rings (SSSR count). The molecular formula is C9H20IN. The van der Waals surface area contributed by atoms with E-state index < -0.39 is 0 Å². The van der Waals surface area contributed by atoms with Crippen molar-refractivity contribution in [3.63, 3.8) is 0 Å². The van der Waals surface area contributed by atoms with Gasteiger partial charge in [0.25, 0.3) is 0 Å². The van der Waals surface area contributed by atoms with Crippen molar-refractivity contribution in [2.24, 2.45) is 5.92 Å². The molecule has 0 saturated carbocycles. The van der Waals surface area contributed by atoms with Gasteiger partial charge in [-0.05, 0) is 32.4 Å². The molecule has 0 aliphatic rings. The fraction of sp³-hybridized carbons (Fsp3) is 1.00. The lowest BCUT2D eigenvalue weighted by molar-refractivity contribution is 0.273. The van der Waals surface area contributed by atoms with Crippen LogP contribution in [0.15, 0.2) is 0 Å². The summed E-state index contributed by atoms with van der Waals surface area (Å²) in [7, 11) is 0. The van der Waals surface area contributed by atoms with Crippen LogP contribution in [0.5, 0.6) is 0 Å². The number of hydrogen-bond donors (Lipinski definition) is 0. The van der Waals surface area contributed by atoms with Crippen LogP contribution in [0.1, 0.15) is 34.1 Å². The van der Waals surface area contributed by atoms with E-state index in [1.165, 1.54) is 19.5 Å². The highest BCUT2D eigenvalue weighted by atomic mass is 127. The van der Waals surface area contributed by atoms with E-state index in [1.54, 1.807) is 0 Å². The highest BCUT2D eigenvalue weighted by molar-refractivity contribution is 14.1. The zero-order valence-corrected chi connectivity index (χ0v) is 10.3. The van der Waals surface area contributed by atoms with E-state index in [2.05, 4.69) is 55.2 Å². The topological polar surface area (TPSA) is 3.24 Å². The smallest absolute Gasteiger partial charge is 0.0589 e. The second-order valence-electron chi connectivity index (χ2n) is 3.39. The first-order valence-corrected chi connectivity index (χ1v) is 5.70. The molecule has 11 heavy (non-hydrogen) atoms. The van der Waals surface area contributed by atoms with Crippen LogP contribution in [0, 0.1) is 5.92 Å². The number of hydrogen-bond acceptors (Lipinski definition) is 1. The zero-order valence-electron chi connectivity index (χ0n) is 8.10. The van der Waals surface area contributed by atoms with Gasteiger partial charge in [0.2, 0.25) is 0 Å². The Labute approximate surface area is 84.7 Å². The minimum Gasteiger partial charge on any atom is -0.292 e. The van der Waals surface area contributed by atoms with Gasteiger partial charge in [-0.1, -0.05) is 43.4 Å². The molecular weight excluding hydrogens is 249 g/mol. The molecule has 0 aliphatic heterocycles. The summed E-state index contributed by atoms with van der Waals surface area (Å²) in [5.41, 5.74) is 0. The predicted molar refractivity (Wildman–Crippen MR) is 60.2 cm³/mol. The maximum atomic E-state index is 2.50. The molecule has 68 valence electrons. The predicted octanol–water partition coefficient (Wildman–Crippen LogP) is 3.14. The van der Waals surface area contributed by atoms with Gasteiger partial charge in [0, 0.05) is 0 Å². The van der Waals surface area contributed by atoms with E-state index in [4.69, 9.17) is 0 Å². The van der Waals surface area contributed by atoms with Gasteiger partial charge in [-0.15, -0.1) is 0 Å². The van der Waals surface area contributed by atoms with Crippen LogP contribution in [0.3, 0.4) is 0 Å². The zero-order chi connectivity index (χ0) is 8.85. The van der Waals surface area contributed by atoms with Crippen molar-refractivity contribution in [3.8, 4) is 0 Å².